The number of rotatable bonds is 2. The Bertz CT molecular complexity index is 1050. The van der Waals surface area contributed by atoms with Gasteiger partial charge in [-0.3, -0.25) is 0 Å². The second-order valence-electron chi connectivity index (χ2n) is 10.7. The molecule has 0 N–H and O–H groups in total. The predicted octanol–water partition coefficient (Wildman–Crippen LogP) is 2.18. The summed E-state index contributed by atoms with van der Waals surface area (Å²) in [4.78, 5) is 0. The molecule has 2 aromatic rings. The topological polar surface area (TPSA) is 0 Å². The molecule has 1 heterocycles. The summed E-state index contributed by atoms with van der Waals surface area (Å²) in [6, 6.07) is 14.5. The molecule has 0 saturated heterocycles. The van der Waals surface area contributed by atoms with Gasteiger partial charge in [0.2, 0.25) is 0 Å². The van der Waals surface area contributed by atoms with Crippen molar-refractivity contribution in [1.82, 2.24) is 0 Å². The molecule has 2 atom stereocenters. The van der Waals surface area contributed by atoms with E-state index in [9.17, 15) is 0 Å². The fourth-order valence-corrected chi connectivity index (χ4v) is 19.1. The van der Waals surface area contributed by atoms with Gasteiger partial charge in [0.25, 0.3) is 0 Å². The molecule has 1 aliphatic heterocycles. The van der Waals surface area contributed by atoms with E-state index < -0.39 is 31.0 Å². The Kier molecular flexibility index (Phi) is 7.36. The number of hydrogen-bond donors (Lipinski definition) is 0. The number of hydrogen-bond acceptors (Lipinski definition) is 0. The monoisotopic (exact) mass is 648 g/mol. The first kappa shape index (κ1) is 26.2. The average molecular weight is 648 g/mol. The third kappa shape index (κ3) is 3.46. The van der Waals surface area contributed by atoms with Crippen molar-refractivity contribution < 1.29 is 47.7 Å². The summed E-state index contributed by atoms with van der Waals surface area (Å²) in [5.41, 5.74) is 13.5. The Labute approximate surface area is 219 Å². The van der Waals surface area contributed by atoms with Crippen LogP contribution in [-0.2, 0) is 22.9 Å². The molecule has 0 radical (unpaired) electrons. The maximum absolute atomic E-state index is 2.66. The minimum Gasteiger partial charge on any atom is -1.00 e. The summed E-state index contributed by atoms with van der Waals surface area (Å²) in [6.07, 6.45) is 0. The molecule has 168 valence electrons. The van der Waals surface area contributed by atoms with Crippen LogP contribution in [-0.4, -0.2) is 8.07 Å². The molecular weight excluding hydrogens is 614 g/mol. The van der Waals surface area contributed by atoms with Crippen LogP contribution in [0.25, 0.3) is 10.4 Å². The van der Waals surface area contributed by atoms with Gasteiger partial charge in [-0.15, -0.1) is 0 Å². The van der Waals surface area contributed by atoms with E-state index in [0.717, 1.165) is 7.35 Å². The smallest absolute Gasteiger partial charge is 1.00 e. The first-order valence-corrected chi connectivity index (χ1v) is 18.8. The molecule has 0 unspecified atom stereocenters. The second-order valence-corrected chi connectivity index (χ2v) is 20.3. The normalized spacial score (nSPS) is 21.8. The molecule has 0 saturated carbocycles. The average Bonchev–Trinajstić information content (AvgIpc) is 3.14. The molecule has 2 aromatic carbocycles. The fraction of sp³-hybridized carbons (Fsp3) is 0.429. The fourth-order valence-electron chi connectivity index (χ4n) is 6.68. The molecule has 0 spiro atoms. The summed E-state index contributed by atoms with van der Waals surface area (Å²) >= 11 is -1.02. The molecule has 3 aliphatic rings. The van der Waals surface area contributed by atoms with Gasteiger partial charge in [-0.05, 0) is 0 Å². The van der Waals surface area contributed by atoms with Crippen LogP contribution < -0.4 is 24.8 Å². The van der Waals surface area contributed by atoms with Crippen molar-refractivity contribution in [2.45, 2.75) is 73.8 Å². The number of allylic oxidation sites excluding steroid dienone is 2. The van der Waals surface area contributed by atoms with Gasteiger partial charge in [0.05, 0.1) is 0 Å². The molecule has 0 fully saturated rings. The van der Waals surface area contributed by atoms with Gasteiger partial charge in [-0.2, -0.15) is 0 Å². The van der Waals surface area contributed by atoms with Gasteiger partial charge in [0.15, 0.2) is 0 Å². The van der Waals surface area contributed by atoms with Crippen molar-refractivity contribution in [2.24, 2.45) is 0 Å². The van der Waals surface area contributed by atoms with Crippen LogP contribution in [0, 0.1) is 0 Å². The van der Waals surface area contributed by atoms with Crippen LogP contribution in [0.2, 0.25) is 13.1 Å². The van der Waals surface area contributed by atoms with E-state index in [1.807, 2.05) is 0 Å². The van der Waals surface area contributed by atoms with Crippen LogP contribution in [0.4, 0.5) is 0 Å². The van der Waals surface area contributed by atoms with Crippen molar-refractivity contribution >= 4 is 18.5 Å². The molecule has 0 aromatic heterocycles. The Morgan fingerprint density at radius 1 is 0.688 bits per heavy atom. The first-order chi connectivity index (χ1) is 14.2. The quantitative estimate of drug-likeness (QED) is 0.439. The predicted molar refractivity (Wildman–Crippen MR) is 129 cm³/mol. The maximum Gasteiger partial charge on any atom is -1.00 e. The minimum atomic E-state index is -1.84. The molecule has 4 bridgehead atoms. The number of benzene rings is 2. The van der Waals surface area contributed by atoms with E-state index in [0.29, 0.717) is 11.8 Å². The van der Waals surface area contributed by atoms with E-state index in [2.05, 4.69) is 91.0 Å². The van der Waals surface area contributed by atoms with Crippen molar-refractivity contribution in [3.63, 3.8) is 0 Å². The van der Waals surface area contributed by atoms with E-state index >= 15 is 0 Å². The zero-order valence-electron chi connectivity index (χ0n) is 20.5. The van der Waals surface area contributed by atoms with Crippen molar-refractivity contribution in [3.8, 4) is 0 Å². The summed E-state index contributed by atoms with van der Waals surface area (Å²) in [6.45, 7) is 19.9. The van der Waals surface area contributed by atoms with Crippen LogP contribution in [0.3, 0.4) is 0 Å². The van der Waals surface area contributed by atoms with Crippen LogP contribution >= 0.6 is 0 Å². The number of fused-ring (bicyclic) bond motifs is 8. The van der Waals surface area contributed by atoms with Crippen LogP contribution in [0.5, 0.6) is 0 Å². The third-order valence-electron chi connectivity index (χ3n) is 7.86. The van der Waals surface area contributed by atoms with Crippen LogP contribution in [0.1, 0.15) is 94.1 Å². The third-order valence-corrected chi connectivity index (χ3v) is 19.4. The van der Waals surface area contributed by atoms with Gasteiger partial charge >= 0.3 is 196 Å². The summed E-state index contributed by atoms with van der Waals surface area (Å²) in [5.74, 6) is 1.18. The largest absolute Gasteiger partial charge is 1.00 e. The Balaban J connectivity index is 0.00000144. The van der Waals surface area contributed by atoms with Gasteiger partial charge in [0.1, 0.15) is 0 Å². The standard InChI is InChI=1S/C28H34Si.2ClH.Hf/c1-17(2)23-13-9-11-21-15-19(5)27(25(21)23)29(7,8)28-20(6)16-22-12-10-14-24(18(3)4)26(22)28;;;/h9-18H,1-8H3;2*1H;/q;;;+2/p-2. The van der Waals surface area contributed by atoms with E-state index in [4.69, 9.17) is 0 Å². The Morgan fingerprint density at radius 2 is 1.06 bits per heavy atom. The molecule has 32 heavy (non-hydrogen) atoms. The molecule has 4 heteroatoms. The van der Waals surface area contributed by atoms with Crippen molar-refractivity contribution in [3.05, 3.63) is 80.9 Å². The van der Waals surface area contributed by atoms with E-state index in [1.165, 1.54) is 0 Å². The molecule has 2 aliphatic carbocycles. The second kappa shape index (κ2) is 8.99. The van der Waals surface area contributed by atoms with Gasteiger partial charge in [-0.25, -0.2) is 0 Å². The SMILES string of the molecule is CC1=C2c3c(C(C)C)cccc3[C@@H]1[Hf+2][C@H]1C(C)=C(c3c(C(C)C)cccc31)[Si]2(C)C.[Cl-].[Cl-]. The van der Waals surface area contributed by atoms with Crippen molar-refractivity contribution in [2.75, 3.05) is 0 Å². The zero-order valence-corrected chi connectivity index (χ0v) is 26.6. The molecule has 0 amide bonds. The minimum absolute atomic E-state index is 0. The Morgan fingerprint density at radius 3 is 1.41 bits per heavy atom. The molecular formula is C28H34Cl2HfSi. The maximum atomic E-state index is 2.66. The number of halogens is 2. The van der Waals surface area contributed by atoms with E-state index in [-0.39, 0.29) is 24.8 Å². The van der Waals surface area contributed by atoms with Gasteiger partial charge in [-0.1, -0.05) is 0 Å². The Hall–Kier alpha value is -0.413. The first-order valence-electron chi connectivity index (χ1n) is 11.6. The summed E-state index contributed by atoms with van der Waals surface area (Å²) in [5, 5.41) is 3.61. The van der Waals surface area contributed by atoms with Crippen LogP contribution in [0.15, 0.2) is 47.5 Å². The van der Waals surface area contributed by atoms with Gasteiger partial charge < -0.3 is 24.8 Å². The van der Waals surface area contributed by atoms with Crippen molar-refractivity contribution in [1.29, 1.82) is 0 Å². The zero-order chi connectivity index (χ0) is 21.5. The molecule has 5 rings (SSSR count). The summed E-state index contributed by atoms with van der Waals surface area (Å²) < 4.78 is 1.55. The van der Waals surface area contributed by atoms with Gasteiger partial charge in [0, 0.05) is 0 Å². The summed E-state index contributed by atoms with van der Waals surface area (Å²) in [7, 11) is -1.84. The van der Waals surface area contributed by atoms with E-state index in [1.54, 1.807) is 54.9 Å². The molecule has 0 nitrogen and oxygen atoms in total.